The van der Waals surface area contributed by atoms with Gasteiger partial charge in [0.05, 0.1) is 19.7 Å². The summed E-state index contributed by atoms with van der Waals surface area (Å²) in [6.07, 6.45) is 0.674. The Morgan fingerprint density at radius 1 is 1.14 bits per heavy atom. The highest BCUT2D eigenvalue weighted by molar-refractivity contribution is 5.89. The summed E-state index contributed by atoms with van der Waals surface area (Å²) in [5, 5.41) is 3.32. The maximum absolute atomic E-state index is 12.9. The molecule has 6 heteroatoms. The lowest BCUT2D eigenvalue weighted by Gasteiger charge is -2.37. The molecule has 1 N–H and O–H groups in total. The summed E-state index contributed by atoms with van der Waals surface area (Å²) < 4.78 is 5.25. The summed E-state index contributed by atoms with van der Waals surface area (Å²) in [5.74, 6) is 0.782. The van der Waals surface area contributed by atoms with E-state index >= 15 is 0 Å². The molecular weight excluding hydrogens is 354 g/mol. The van der Waals surface area contributed by atoms with Gasteiger partial charge in [0, 0.05) is 26.2 Å². The van der Waals surface area contributed by atoms with Crippen molar-refractivity contribution in [1.82, 2.24) is 15.1 Å². The van der Waals surface area contributed by atoms with Crippen LogP contribution in [0.4, 0.5) is 0 Å². The van der Waals surface area contributed by atoms with E-state index in [-0.39, 0.29) is 24.4 Å². The number of carbonyl (C=O) groups is 2. The Labute approximate surface area is 165 Å². The van der Waals surface area contributed by atoms with Crippen LogP contribution in [0.25, 0.3) is 0 Å². The van der Waals surface area contributed by atoms with Gasteiger partial charge in [-0.05, 0) is 35.2 Å². The Hall–Kier alpha value is -2.86. The minimum atomic E-state index is -0.257. The highest BCUT2D eigenvalue weighted by atomic mass is 16.5. The number of benzene rings is 2. The lowest BCUT2D eigenvalue weighted by molar-refractivity contribution is -0.146. The number of ether oxygens (including phenoxy) is 1. The number of amides is 2. The molecule has 0 spiro atoms. The van der Waals surface area contributed by atoms with Crippen molar-refractivity contribution in [1.29, 1.82) is 0 Å². The van der Waals surface area contributed by atoms with Crippen molar-refractivity contribution in [2.24, 2.45) is 0 Å². The number of nitrogens with zero attached hydrogens (tertiary/aromatic N) is 2. The second kappa shape index (κ2) is 8.02. The molecule has 146 valence electrons. The molecule has 0 saturated carbocycles. The molecule has 1 fully saturated rings. The summed E-state index contributed by atoms with van der Waals surface area (Å²) in [4.78, 5) is 29.1. The average Bonchev–Trinajstić information content (AvgIpc) is 2.74. The van der Waals surface area contributed by atoms with E-state index in [2.05, 4.69) is 17.4 Å². The van der Waals surface area contributed by atoms with Crippen LogP contribution in [-0.4, -0.2) is 54.4 Å². The van der Waals surface area contributed by atoms with Gasteiger partial charge in [-0.2, -0.15) is 0 Å². The van der Waals surface area contributed by atoms with Crippen LogP contribution < -0.4 is 10.1 Å². The fraction of sp³-hybridized carbons (Fsp3) is 0.364. The molecule has 1 saturated heterocycles. The molecule has 2 aromatic carbocycles. The third kappa shape index (κ3) is 3.87. The van der Waals surface area contributed by atoms with Crippen LogP contribution >= 0.6 is 0 Å². The molecule has 28 heavy (non-hydrogen) atoms. The molecule has 4 rings (SSSR count). The predicted octanol–water partition coefficient (Wildman–Crippen LogP) is 1.58. The molecule has 2 aliphatic heterocycles. The summed E-state index contributed by atoms with van der Waals surface area (Å²) in [6.45, 7) is 2.48. The monoisotopic (exact) mass is 379 g/mol. The first kappa shape index (κ1) is 18.5. The van der Waals surface area contributed by atoms with Crippen molar-refractivity contribution in [2.75, 3.05) is 26.7 Å². The van der Waals surface area contributed by atoms with Crippen LogP contribution in [0.1, 0.15) is 16.7 Å². The van der Waals surface area contributed by atoms with Gasteiger partial charge >= 0.3 is 0 Å². The molecule has 0 bridgehead atoms. The number of carbonyl (C=O) groups excluding carboxylic acids is 2. The Kier molecular flexibility index (Phi) is 5.30. The number of rotatable bonds is 4. The SMILES string of the molecule is COc1cccc(CN2CCN(C(=O)[C@H]3Cc4ccccc4CN3)CC2=O)c1. The molecule has 0 unspecified atom stereocenters. The first-order valence-electron chi connectivity index (χ1n) is 9.63. The van der Waals surface area contributed by atoms with Crippen molar-refractivity contribution in [2.45, 2.75) is 25.6 Å². The van der Waals surface area contributed by atoms with Gasteiger partial charge in [-0.15, -0.1) is 0 Å². The van der Waals surface area contributed by atoms with Gasteiger partial charge in [0.15, 0.2) is 0 Å². The first-order chi connectivity index (χ1) is 13.6. The van der Waals surface area contributed by atoms with Crippen LogP contribution in [0.5, 0.6) is 5.75 Å². The number of hydrogen-bond donors (Lipinski definition) is 1. The van der Waals surface area contributed by atoms with Gasteiger partial charge in [0.25, 0.3) is 0 Å². The van der Waals surface area contributed by atoms with Crippen molar-refractivity contribution in [3.63, 3.8) is 0 Å². The topological polar surface area (TPSA) is 61.9 Å². The molecule has 0 radical (unpaired) electrons. The summed E-state index contributed by atoms with van der Waals surface area (Å²) in [5.41, 5.74) is 3.48. The molecule has 2 aliphatic rings. The minimum absolute atomic E-state index is 0.0152. The Morgan fingerprint density at radius 2 is 1.96 bits per heavy atom. The number of hydrogen-bond acceptors (Lipinski definition) is 4. The summed E-state index contributed by atoms with van der Waals surface area (Å²) >= 11 is 0. The van der Waals surface area contributed by atoms with Crippen molar-refractivity contribution in [3.05, 3.63) is 65.2 Å². The normalized spacial score (nSPS) is 19.3. The molecule has 2 amide bonds. The Morgan fingerprint density at radius 3 is 2.75 bits per heavy atom. The maximum Gasteiger partial charge on any atom is 0.242 e. The predicted molar refractivity (Wildman–Crippen MR) is 106 cm³/mol. The average molecular weight is 379 g/mol. The largest absolute Gasteiger partial charge is 0.497 e. The fourth-order valence-electron chi connectivity index (χ4n) is 3.90. The Bertz CT molecular complexity index is 883. The van der Waals surface area contributed by atoms with E-state index in [0.29, 0.717) is 32.6 Å². The maximum atomic E-state index is 12.9. The van der Waals surface area contributed by atoms with Gasteiger partial charge in [-0.1, -0.05) is 36.4 Å². The zero-order valence-electron chi connectivity index (χ0n) is 16.1. The first-order valence-corrected chi connectivity index (χ1v) is 9.63. The molecule has 2 aromatic rings. The second-order valence-corrected chi connectivity index (χ2v) is 7.33. The van der Waals surface area contributed by atoms with Crippen LogP contribution in [0.15, 0.2) is 48.5 Å². The second-order valence-electron chi connectivity index (χ2n) is 7.33. The number of fused-ring (bicyclic) bond motifs is 1. The van der Waals surface area contributed by atoms with Crippen molar-refractivity contribution < 1.29 is 14.3 Å². The van der Waals surface area contributed by atoms with Crippen LogP contribution in [0.3, 0.4) is 0 Å². The third-order valence-corrected chi connectivity index (χ3v) is 5.52. The smallest absolute Gasteiger partial charge is 0.242 e. The standard InChI is InChI=1S/C22H25N3O3/c1-28-19-8-4-5-16(11-19)14-24-9-10-25(15-21(24)26)22(27)20-12-17-6-2-3-7-18(17)13-23-20/h2-8,11,20,23H,9-10,12-15H2,1H3/t20-/m1/s1. The van der Waals surface area contributed by atoms with E-state index in [4.69, 9.17) is 4.74 Å². The quantitative estimate of drug-likeness (QED) is 0.876. The summed E-state index contributed by atoms with van der Waals surface area (Å²) in [7, 11) is 1.63. The number of nitrogens with one attached hydrogen (secondary N) is 1. The lowest BCUT2D eigenvalue weighted by Crippen LogP contribution is -2.57. The van der Waals surface area contributed by atoms with Crippen LogP contribution in [-0.2, 0) is 29.1 Å². The molecule has 0 aromatic heterocycles. The van der Waals surface area contributed by atoms with Gasteiger partial charge in [0.2, 0.25) is 11.8 Å². The van der Waals surface area contributed by atoms with E-state index in [0.717, 1.165) is 11.3 Å². The van der Waals surface area contributed by atoms with Gasteiger partial charge in [0.1, 0.15) is 5.75 Å². The van der Waals surface area contributed by atoms with Crippen LogP contribution in [0, 0.1) is 0 Å². The van der Waals surface area contributed by atoms with Gasteiger partial charge < -0.3 is 19.9 Å². The molecule has 1 atom stereocenters. The van der Waals surface area contributed by atoms with Crippen molar-refractivity contribution >= 4 is 11.8 Å². The van der Waals surface area contributed by atoms with E-state index in [1.54, 1.807) is 12.0 Å². The van der Waals surface area contributed by atoms with Crippen molar-refractivity contribution in [3.8, 4) is 5.75 Å². The van der Waals surface area contributed by atoms with E-state index in [1.165, 1.54) is 11.1 Å². The van der Waals surface area contributed by atoms with E-state index in [1.807, 2.05) is 41.3 Å². The zero-order valence-corrected chi connectivity index (χ0v) is 16.1. The third-order valence-electron chi connectivity index (χ3n) is 5.52. The zero-order chi connectivity index (χ0) is 19.5. The Balaban J connectivity index is 1.36. The molecule has 6 nitrogen and oxygen atoms in total. The number of methoxy groups -OCH3 is 1. The molecular formula is C22H25N3O3. The number of piperazine rings is 1. The van der Waals surface area contributed by atoms with Gasteiger partial charge in [-0.3, -0.25) is 9.59 Å². The molecule has 0 aliphatic carbocycles. The fourth-order valence-corrected chi connectivity index (χ4v) is 3.90. The highest BCUT2D eigenvalue weighted by Gasteiger charge is 2.32. The minimum Gasteiger partial charge on any atom is -0.497 e. The summed E-state index contributed by atoms with van der Waals surface area (Å²) in [6, 6.07) is 15.7. The van der Waals surface area contributed by atoms with Crippen LogP contribution in [0.2, 0.25) is 0 Å². The highest BCUT2D eigenvalue weighted by Crippen LogP contribution is 2.19. The lowest BCUT2D eigenvalue weighted by atomic mass is 9.95. The van der Waals surface area contributed by atoms with E-state index in [9.17, 15) is 9.59 Å². The van der Waals surface area contributed by atoms with Gasteiger partial charge in [-0.25, -0.2) is 0 Å². The molecule has 2 heterocycles. The van der Waals surface area contributed by atoms with E-state index < -0.39 is 0 Å².